The lowest BCUT2D eigenvalue weighted by atomic mass is 9.76. The van der Waals surface area contributed by atoms with E-state index in [0.717, 1.165) is 25.7 Å². The summed E-state index contributed by atoms with van der Waals surface area (Å²) in [4.78, 5) is 12.4. The summed E-state index contributed by atoms with van der Waals surface area (Å²) in [6.45, 7) is 2.14. The van der Waals surface area contributed by atoms with Crippen LogP contribution in [0.2, 0.25) is 0 Å². The molecule has 1 N–H and O–H groups in total. The van der Waals surface area contributed by atoms with E-state index in [1.54, 1.807) is 0 Å². The Bertz CT molecular complexity index is 528. The molecule has 5 nitrogen and oxygen atoms in total. The highest BCUT2D eigenvalue weighted by molar-refractivity contribution is 7.92. The predicted octanol–water partition coefficient (Wildman–Crippen LogP) is 1.93. The highest BCUT2D eigenvalue weighted by atomic mass is 32.2. The first-order chi connectivity index (χ1) is 9.92. The highest BCUT2D eigenvalue weighted by Crippen LogP contribution is 2.34. The topological polar surface area (TPSA) is 87.0 Å². The van der Waals surface area contributed by atoms with Gasteiger partial charge in [0.2, 0.25) is 5.91 Å². The van der Waals surface area contributed by atoms with Crippen molar-refractivity contribution in [1.82, 2.24) is 5.32 Å². The second kappa shape index (κ2) is 6.35. The van der Waals surface area contributed by atoms with Gasteiger partial charge in [0.25, 0.3) is 0 Å². The average molecular weight is 312 g/mol. The third kappa shape index (κ3) is 3.57. The second-order valence-electron chi connectivity index (χ2n) is 6.39. The maximum Gasteiger partial charge on any atom is 0.239 e. The molecule has 0 radical (unpaired) electrons. The van der Waals surface area contributed by atoms with Crippen LogP contribution in [0.3, 0.4) is 0 Å². The number of hydrogen-bond donors (Lipinski definition) is 1. The van der Waals surface area contributed by atoms with E-state index in [0.29, 0.717) is 31.6 Å². The molecule has 1 aliphatic heterocycles. The first-order valence-electron chi connectivity index (χ1n) is 7.87. The minimum Gasteiger partial charge on any atom is -0.337 e. The average Bonchev–Trinajstić information content (AvgIpc) is 2.47. The number of rotatable bonds is 3. The summed E-state index contributed by atoms with van der Waals surface area (Å²) < 4.78 is 24.0. The Morgan fingerprint density at radius 2 is 1.95 bits per heavy atom. The van der Waals surface area contributed by atoms with E-state index in [1.165, 1.54) is 0 Å². The molecule has 0 aromatic rings. The molecule has 0 aromatic carbocycles. The van der Waals surface area contributed by atoms with Crippen molar-refractivity contribution in [1.29, 1.82) is 5.26 Å². The number of nitrogens with one attached hydrogen (secondary N) is 1. The van der Waals surface area contributed by atoms with Crippen LogP contribution in [-0.2, 0) is 14.6 Å². The Kier molecular flexibility index (Phi) is 4.92. The van der Waals surface area contributed by atoms with Gasteiger partial charge >= 0.3 is 0 Å². The van der Waals surface area contributed by atoms with E-state index in [2.05, 4.69) is 18.3 Å². The highest BCUT2D eigenvalue weighted by Gasteiger charge is 2.41. The molecule has 1 saturated heterocycles. The van der Waals surface area contributed by atoms with Gasteiger partial charge in [-0.1, -0.05) is 19.8 Å². The van der Waals surface area contributed by atoms with Gasteiger partial charge in [-0.3, -0.25) is 4.79 Å². The molecule has 118 valence electrons. The van der Waals surface area contributed by atoms with E-state index in [1.807, 2.05) is 0 Å². The number of nitrogens with zero attached hydrogens (tertiary/aromatic N) is 1. The van der Waals surface area contributed by atoms with Crippen molar-refractivity contribution in [3.8, 4) is 6.07 Å². The van der Waals surface area contributed by atoms with Gasteiger partial charge in [0, 0.05) is 0 Å². The predicted molar refractivity (Wildman–Crippen MR) is 80.2 cm³/mol. The van der Waals surface area contributed by atoms with Gasteiger partial charge in [-0.25, -0.2) is 8.42 Å². The van der Waals surface area contributed by atoms with Crippen molar-refractivity contribution in [3.63, 3.8) is 0 Å². The molecular weight excluding hydrogens is 288 g/mol. The van der Waals surface area contributed by atoms with Crippen molar-refractivity contribution in [3.05, 3.63) is 0 Å². The molecule has 1 amide bonds. The normalized spacial score (nSPS) is 35.6. The molecule has 0 bridgehead atoms. The Hall–Kier alpha value is -1.09. The molecule has 2 rings (SSSR count). The third-order valence-corrected chi connectivity index (χ3v) is 7.16. The smallest absolute Gasteiger partial charge is 0.239 e. The maximum absolute atomic E-state index is 12.4. The fourth-order valence-electron chi connectivity index (χ4n) is 3.41. The van der Waals surface area contributed by atoms with Crippen LogP contribution in [0.5, 0.6) is 0 Å². The number of carbonyl (C=O) groups is 1. The molecule has 21 heavy (non-hydrogen) atoms. The van der Waals surface area contributed by atoms with Crippen LogP contribution in [0.25, 0.3) is 0 Å². The number of amides is 1. The molecule has 2 fully saturated rings. The van der Waals surface area contributed by atoms with Crippen LogP contribution < -0.4 is 5.32 Å². The van der Waals surface area contributed by atoms with Gasteiger partial charge in [-0.2, -0.15) is 5.26 Å². The zero-order valence-corrected chi connectivity index (χ0v) is 13.4. The van der Waals surface area contributed by atoms with Gasteiger partial charge in [-0.05, 0) is 44.4 Å². The Morgan fingerprint density at radius 1 is 1.29 bits per heavy atom. The van der Waals surface area contributed by atoms with Crippen LogP contribution in [-0.4, -0.2) is 30.9 Å². The maximum atomic E-state index is 12.4. The van der Waals surface area contributed by atoms with Crippen LogP contribution in [0.1, 0.15) is 58.3 Å². The number of hydrogen-bond acceptors (Lipinski definition) is 4. The molecule has 1 saturated carbocycles. The summed E-state index contributed by atoms with van der Waals surface area (Å²) in [6.07, 6.45) is 5.95. The van der Waals surface area contributed by atoms with Crippen LogP contribution >= 0.6 is 0 Å². The molecular formula is C15H24N2O3S. The molecule has 1 aliphatic carbocycles. The van der Waals surface area contributed by atoms with Gasteiger partial charge in [-0.15, -0.1) is 0 Å². The van der Waals surface area contributed by atoms with Crippen molar-refractivity contribution in [2.75, 3.05) is 5.75 Å². The van der Waals surface area contributed by atoms with Crippen LogP contribution in [0, 0.1) is 17.2 Å². The summed E-state index contributed by atoms with van der Waals surface area (Å²) in [5, 5.41) is 11.3. The largest absolute Gasteiger partial charge is 0.337 e. The molecule has 6 heteroatoms. The van der Waals surface area contributed by atoms with E-state index in [-0.39, 0.29) is 5.75 Å². The second-order valence-corrected chi connectivity index (χ2v) is 8.69. The molecule has 1 atom stereocenters. The van der Waals surface area contributed by atoms with Crippen molar-refractivity contribution in [2.45, 2.75) is 69.1 Å². The van der Waals surface area contributed by atoms with Crippen LogP contribution in [0.15, 0.2) is 0 Å². The lowest BCUT2D eigenvalue weighted by Crippen LogP contribution is -2.54. The van der Waals surface area contributed by atoms with E-state index in [9.17, 15) is 18.5 Å². The molecule has 2 aliphatic rings. The van der Waals surface area contributed by atoms with Crippen LogP contribution in [0.4, 0.5) is 0 Å². The summed E-state index contributed by atoms with van der Waals surface area (Å²) in [5.41, 5.74) is -0.865. The lowest BCUT2D eigenvalue weighted by Gasteiger charge is -2.36. The fourth-order valence-corrected chi connectivity index (χ4v) is 5.21. The van der Waals surface area contributed by atoms with Gasteiger partial charge in [0.1, 0.15) is 10.8 Å². The quantitative estimate of drug-likeness (QED) is 0.862. The zero-order valence-electron chi connectivity index (χ0n) is 12.6. The zero-order chi connectivity index (χ0) is 15.5. The summed E-state index contributed by atoms with van der Waals surface area (Å²) in [5.74, 6) is 0.232. The van der Waals surface area contributed by atoms with E-state index >= 15 is 0 Å². The summed E-state index contributed by atoms with van der Waals surface area (Å²) in [6, 6.07) is 2.23. The Labute approximate surface area is 127 Å². The number of carbonyl (C=O) groups excluding carboxylic acids is 1. The lowest BCUT2D eigenvalue weighted by molar-refractivity contribution is -0.122. The molecule has 0 spiro atoms. The molecule has 1 unspecified atom stereocenters. The Morgan fingerprint density at radius 3 is 2.48 bits per heavy atom. The Balaban J connectivity index is 2.05. The molecule has 1 heterocycles. The minimum absolute atomic E-state index is 0.0859. The van der Waals surface area contributed by atoms with Crippen molar-refractivity contribution < 1.29 is 13.2 Å². The monoisotopic (exact) mass is 312 g/mol. The van der Waals surface area contributed by atoms with E-state index < -0.39 is 26.5 Å². The van der Waals surface area contributed by atoms with Gasteiger partial charge in [0.15, 0.2) is 9.84 Å². The SMILES string of the molecule is CCC1CCC(C#N)(NC(=O)C2CCCCS2(=O)=O)CC1. The first kappa shape index (κ1) is 16.3. The van der Waals surface area contributed by atoms with Gasteiger partial charge in [0.05, 0.1) is 11.8 Å². The summed E-state index contributed by atoms with van der Waals surface area (Å²) in [7, 11) is -3.35. The van der Waals surface area contributed by atoms with Crippen molar-refractivity contribution >= 4 is 15.7 Å². The number of sulfone groups is 1. The first-order valence-corrected chi connectivity index (χ1v) is 9.59. The molecule has 0 aromatic heterocycles. The van der Waals surface area contributed by atoms with Gasteiger partial charge < -0.3 is 5.32 Å². The summed E-state index contributed by atoms with van der Waals surface area (Å²) >= 11 is 0. The fraction of sp³-hybridized carbons (Fsp3) is 0.867. The number of nitriles is 1. The van der Waals surface area contributed by atoms with E-state index in [4.69, 9.17) is 0 Å². The van der Waals surface area contributed by atoms with Crippen molar-refractivity contribution in [2.24, 2.45) is 5.92 Å². The minimum atomic E-state index is -3.35. The third-order valence-electron chi connectivity index (χ3n) is 4.98. The standard InChI is InChI=1S/C15H24N2O3S/c1-2-12-6-8-15(11-16,9-7-12)17-14(18)13-5-3-4-10-21(13,19)20/h12-13H,2-10H2,1H3,(H,17,18).